The van der Waals surface area contributed by atoms with Gasteiger partial charge in [0.25, 0.3) is 0 Å². The van der Waals surface area contributed by atoms with Crippen LogP contribution in [0.2, 0.25) is 0 Å². The van der Waals surface area contributed by atoms with E-state index < -0.39 is 0 Å². The van der Waals surface area contributed by atoms with E-state index in [0.29, 0.717) is 18.3 Å². The number of nitrogens with zero attached hydrogens (tertiary/aromatic N) is 6. The minimum atomic E-state index is 0.435. The first-order chi connectivity index (χ1) is 13.8. The first-order valence-corrected chi connectivity index (χ1v) is 9.77. The lowest BCUT2D eigenvalue weighted by Gasteiger charge is -2.20. The van der Waals surface area contributed by atoms with Gasteiger partial charge >= 0.3 is 0 Å². The highest BCUT2D eigenvalue weighted by atomic mass is 16.5. The van der Waals surface area contributed by atoms with E-state index in [1.54, 1.807) is 0 Å². The number of rotatable bonds is 6. The summed E-state index contributed by atoms with van der Waals surface area (Å²) in [6.07, 6.45) is 9.13. The molecule has 7 nitrogen and oxygen atoms in total. The molecule has 3 aromatic heterocycles. The maximum absolute atomic E-state index is 5.50. The van der Waals surface area contributed by atoms with Crippen molar-refractivity contribution >= 4 is 0 Å². The van der Waals surface area contributed by atoms with Crippen LogP contribution in [0.25, 0.3) is 22.6 Å². The smallest absolute Gasteiger partial charge is 0.229 e. The van der Waals surface area contributed by atoms with Gasteiger partial charge in [0.1, 0.15) is 0 Å². The van der Waals surface area contributed by atoms with E-state index in [9.17, 15) is 0 Å². The number of aryl methyl sites for hydroxylation is 1. The molecule has 142 valence electrons. The zero-order chi connectivity index (χ0) is 18.9. The summed E-state index contributed by atoms with van der Waals surface area (Å²) in [5, 5.41) is 4.20. The fourth-order valence-electron chi connectivity index (χ4n) is 3.65. The van der Waals surface area contributed by atoms with Crippen LogP contribution in [0.1, 0.15) is 43.8 Å². The molecule has 0 unspecified atom stereocenters. The third kappa shape index (κ3) is 2.93. The number of hydrogen-bond acceptors (Lipinski definition) is 5. The third-order valence-corrected chi connectivity index (χ3v) is 5.43. The maximum atomic E-state index is 5.50. The molecule has 0 aliphatic heterocycles. The Bertz CT molecular complexity index is 1070. The maximum Gasteiger partial charge on any atom is 0.229 e. The van der Waals surface area contributed by atoms with Crippen molar-refractivity contribution in [2.45, 2.75) is 45.2 Å². The molecular formula is C21H22N6O. The molecule has 1 fully saturated rings. The molecule has 0 atom stereocenters. The second kappa shape index (κ2) is 7.07. The second-order valence-electron chi connectivity index (χ2n) is 7.18. The van der Waals surface area contributed by atoms with Crippen molar-refractivity contribution in [2.24, 2.45) is 0 Å². The third-order valence-electron chi connectivity index (χ3n) is 5.43. The highest BCUT2D eigenvalue weighted by molar-refractivity contribution is 5.76. The molecule has 3 heterocycles. The molecule has 4 aromatic rings. The van der Waals surface area contributed by atoms with E-state index in [1.807, 2.05) is 37.1 Å². The standard InChI is InChI=1S/C21H22N6O/c1-2-26-13-22-11-17(26)20-19(15-7-4-3-5-8-15)23-14-27(20)12-18-24-21(28-25-18)16-9-6-10-16/h3-5,7-8,11,13-14,16H,2,6,9-10,12H2,1H3. The van der Waals surface area contributed by atoms with Crippen molar-refractivity contribution in [1.82, 2.24) is 29.2 Å². The van der Waals surface area contributed by atoms with Gasteiger partial charge in [-0.2, -0.15) is 4.98 Å². The summed E-state index contributed by atoms with van der Waals surface area (Å²) in [6, 6.07) is 10.2. The van der Waals surface area contributed by atoms with Crippen LogP contribution in [0.3, 0.4) is 0 Å². The Morgan fingerprint density at radius 2 is 1.96 bits per heavy atom. The van der Waals surface area contributed by atoms with Gasteiger partial charge in [-0.15, -0.1) is 0 Å². The predicted molar refractivity (Wildman–Crippen MR) is 105 cm³/mol. The molecule has 0 amide bonds. The Morgan fingerprint density at radius 1 is 1.11 bits per heavy atom. The van der Waals surface area contributed by atoms with Gasteiger partial charge in [-0.25, -0.2) is 9.97 Å². The molecule has 0 radical (unpaired) electrons. The van der Waals surface area contributed by atoms with E-state index in [-0.39, 0.29) is 0 Å². The topological polar surface area (TPSA) is 74.6 Å². The van der Waals surface area contributed by atoms with Crippen molar-refractivity contribution in [3.05, 3.63) is 60.9 Å². The molecule has 5 rings (SSSR count). The molecular weight excluding hydrogens is 352 g/mol. The Hall–Kier alpha value is -3.22. The van der Waals surface area contributed by atoms with Crippen LogP contribution in [0.15, 0.2) is 53.7 Å². The molecule has 1 aliphatic rings. The lowest BCUT2D eigenvalue weighted by molar-refractivity contribution is 0.291. The van der Waals surface area contributed by atoms with Crippen LogP contribution in [-0.2, 0) is 13.1 Å². The highest BCUT2D eigenvalue weighted by Gasteiger charge is 2.26. The molecule has 0 spiro atoms. The van der Waals surface area contributed by atoms with E-state index in [2.05, 4.69) is 43.3 Å². The van der Waals surface area contributed by atoms with E-state index in [0.717, 1.165) is 47.9 Å². The monoisotopic (exact) mass is 374 g/mol. The second-order valence-corrected chi connectivity index (χ2v) is 7.18. The van der Waals surface area contributed by atoms with Crippen molar-refractivity contribution in [3.8, 4) is 22.6 Å². The summed E-state index contributed by atoms with van der Waals surface area (Å²) in [5.41, 5.74) is 4.05. The van der Waals surface area contributed by atoms with Gasteiger partial charge in [-0.05, 0) is 19.8 Å². The number of aromatic nitrogens is 6. The zero-order valence-corrected chi connectivity index (χ0v) is 15.8. The van der Waals surface area contributed by atoms with Gasteiger partial charge in [0.15, 0.2) is 5.82 Å². The van der Waals surface area contributed by atoms with Gasteiger partial charge in [-0.3, -0.25) is 0 Å². The van der Waals surface area contributed by atoms with Gasteiger partial charge in [0.2, 0.25) is 5.89 Å². The van der Waals surface area contributed by atoms with Crippen molar-refractivity contribution in [3.63, 3.8) is 0 Å². The summed E-state index contributed by atoms with van der Waals surface area (Å²) >= 11 is 0. The predicted octanol–water partition coefficient (Wildman–Crippen LogP) is 4.13. The molecule has 0 bridgehead atoms. The number of benzene rings is 1. The SMILES string of the molecule is CCn1cncc1-c1c(-c2ccccc2)ncn1Cc1noc(C2CCC2)n1. The van der Waals surface area contributed by atoms with E-state index in [1.165, 1.54) is 6.42 Å². The normalized spacial score (nSPS) is 14.3. The summed E-state index contributed by atoms with van der Waals surface area (Å²) in [6.45, 7) is 3.46. The molecule has 1 aromatic carbocycles. The average Bonchev–Trinajstić information content (AvgIpc) is 3.41. The van der Waals surface area contributed by atoms with Crippen molar-refractivity contribution < 1.29 is 4.52 Å². The average molecular weight is 374 g/mol. The quantitative estimate of drug-likeness (QED) is 0.507. The van der Waals surface area contributed by atoms with Gasteiger partial charge in [-0.1, -0.05) is 41.9 Å². The van der Waals surface area contributed by atoms with Crippen LogP contribution in [0.4, 0.5) is 0 Å². The van der Waals surface area contributed by atoms with Crippen molar-refractivity contribution in [1.29, 1.82) is 0 Å². The Labute approximate surface area is 163 Å². The molecule has 1 saturated carbocycles. The summed E-state index contributed by atoms with van der Waals surface area (Å²) in [4.78, 5) is 13.7. The fourth-order valence-corrected chi connectivity index (χ4v) is 3.65. The number of hydrogen-bond donors (Lipinski definition) is 0. The highest BCUT2D eigenvalue weighted by Crippen LogP contribution is 2.35. The first kappa shape index (κ1) is 16.9. The zero-order valence-electron chi connectivity index (χ0n) is 15.8. The van der Waals surface area contributed by atoms with Gasteiger partial charge in [0.05, 0.1) is 42.5 Å². The molecule has 0 saturated heterocycles. The minimum Gasteiger partial charge on any atom is -0.339 e. The van der Waals surface area contributed by atoms with Gasteiger partial charge in [0, 0.05) is 18.0 Å². The van der Waals surface area contributed by atoms with Crippen LogP contribution < -0.4 is 0 Å². The lowest BCUT2D eigenvalue weighted by atomic mass is 9.85. The Balaban J connectivity index is 1.56. The van der Waals surface area contributed by atoms with E-state index >= 15 is 0 Å². The first-order valence-electron chi connectivity index (χ1n) is 9.77. The van der Waals surface area contributed by atoms with E-state index in [4.69, 9.17) is 9.51 Å². The Kier molecular flexibility index (Phi) is 4.27. The summed E-state index contributed by atoms with van der Waals surface area (Å²) < 4.78 is 9.70. The lowest BCUT2D eigenvalue weighted by Crippen LogP contribution is -2.09. The molecule has 7 heteroatoms. The fraction of sp³-hybridized carbons (Fsp3) is 0.333. The molecule has 1 aliphatic carbocycles. The Morgan fingerprint density at radius 3 is 2.71 bits per heavy atom. The summed E-state index contributed by atoms with van der Waals surface area (Å²) in [5.74, 6) is 1.89. The van der Waals surface area contributed by atoms with Crippen LogP contribution in [0, 0.1) is 0 Å². The largest absolute Gasteiger partial charge is 0.339 e. The number of imidazole rings is 2. The summed E-state index contributed by atoms with van der Waals surface area (Å²) in [7, 11) is 0. The van der Waals surface area contributed by atoms with Gasteiger partial charge < -0.3 is 13.7 Å². The molecule has 28 heavy (non-hydrogen) atoms. The van der Waals surface area contributed by atoms with Crippen LogP contribution >= 0.6 is 0 Å². The minimum absolute atomic E-state index is 0.435. The van der Waals surface area contributed by atoms with Crippen LogP contribution in [0.5, 0.6) is 0 Å². The van der Waals surface area contributed by atoms with Crippen LogP contribution in [-0.4, -0.2) is 29.2 Å². The molecule has 0 N–H and O–H groups in total. The van der Waals surface area contributed by atoms with Crippen molar-refractivity contribution in [2.75, 3.05) is 0 Å².